The van der Waals surface area contributed by atoms with Gasteiger partial charge in [-0.25, -0.2) is 0 Å². The third-order valence-corrected chi connectivity index (χ3v) is 2.68. The summed E-state index contributed by atoms with van der Waals surface area (Å²) in [4.78, 5) is 36.3. The van der Waals surface area contributed by atoms with E-state index in [1.807, 2.05) is 39.8 Å². The molecule has 0 saturated carbocycles. The van der Waals surface area contributed by atoms with Crippen LogP contribution in [0.5, 0.6) is 0 Å². The Labute approximate surface area is 153 Å². The molecule has 0 spiro atoms. The molecule has 0 fully saturated rings. The van der Waals surface area contributed by atoms with E-state index >= 15 is 0 Å². The minimum absolute atomic E-state index is 0.998. The van der Waals surface area contributed by atoms with Gasteiger partial charge in [0.1, 0.15) is 0 Å². The maximum atomic E-state index is 9.07. The first-order valence-corrected chi connectivity index (χ1v) is 10.7. The van der Waals surface area contributed by atoms with Crippen molar-refractivity contribution in [2.75, 3.05) is 0 Å². The Balaban J connectivity index is 0. The van der Waals surface area contributed by atoms with E-state index in [-0.39, 0.29) is 0 Å². The van der Waals surface area contributed by atoms with Gasteiger partial charge in [0.25, 0.3) is 0 Å². The molecule has 8 nitrogen and oxygen atoms in total. The molecule has 0 aliphatic rings. The number of hydrogen-bond acceptors (Lipinski definition) is 6. The van der Waals surface area contributed by atoms with Crippen LogP contribution in [0.4, 0.5) is 0 Å². The average Bonchev–Trinajstić information content (AvgIpc) is 3.10. The predicted octanol–water partition coefficient (Wildman–Crippen LogP) is -0.282. The van der Waals surface area contributed by atoms with Gasteiger partial charge in [-0.15, -0.1) is 11.4 Å². The van der Waals surface area contributed by atoms with Crippen LogP contribution < -0.4 is 10.2 Å². The molecule has 24 heavy (non-hydrogen) atoms. The molecule has 0 bridgehead atoms. The van der Waals surface area contributed by atoms with E-state index in [0.717, 1.165) is 22.8 Å². The summed E-state index contributed by atoms with van der Waals surface area (Å²) < 4.78 is 5.88. The van der Waals surface area contributed by atoms with Crippen molar-refractivity contribution in [1.29, 1.82) is 0 Å². The molecule has 134 valence electrons. The fourth-order valence-electron chi connectivity index (χ4n) is 1.06. The van der Waals surface area contributed by atoms with E-state index in [9.17, 15) is 0 Å². The molecule has 0 N–H and O–H groups in total. The summed E-state index contributed by atoms with van der Waals surface area (Å²) in [7, 11) is 0. The van der Waals surface area contributed by atoms with Crippen molar-refractivity contribution in [1.82, 2.24) is 20.4 Å². The van der Waals surface area contributed by atoms with Gasteiger partial charge >= 0.3 is 70.3 Å². The monoisotopic (exact) mass is 688 g/mol. The zero-order valence-corrected chi connectivity index (χ0v) is 18.0. The number of hydrogen-bond donors (Lipinski definition) is 0. The maximum absolute atomic E-state index is 9.07. The second-order valence-electron chi connectivity index (χ2n) is 3.69. The number of aromatic nitrogens is 4. The second kappa shape index (κ2) is 17.4. The Kier molecular flexibility index (Phi) is 17.6. The number of rotatable bonds is 0. The van der Waals surface area contributed by atoms with Crippen LogP contribution in [0.25, 0.3) is 0 Å². The zero-order valence-electron chi connectivity index (χ0n) is 13.2. The molecule has 2 aromatic heterocycles. The van der Waals surface area contributed by atoms with Gasteiger partial charge < -0.3 is 20.4 Å². The Hall–Kier alpha value is -1.96. The summed E-state index contributed by atoms with van der Waals surface area (Å²) in [6, 6.07) is 3.89. The topological polar surface area (TPSA) is 122 Å². The fraction of sp³-hybridized carbons (Fsp3) is 0.286. The normalized spacial score (nSPS) is 7.50. The molecule has 0 amide bonds. The molecule has 0 aliphatic heterocycles. The molecule has 0 atom stereocenters. The van der Waals surface area contributed by atoms with E-state index < -0.39 is 33.6 Å². The van der Waals surface area contributed by atoms with Gasteiger partial charge in [0.2, 0.25) is 0 Å². The molecule has 2 heterocycles. The Bertz CT molecular complexity index is 697. The molecule has 0 radical (unpaired) electrons. The van der Waals surface area contributed by atoms with Crippen LogP contribution in [0, 0.1) is 27.7 Å². The third kappa shape index (κ3) is 18.1. The number of nitrogens with zero attached hydrogens (tertiary/aromatic N) is 4. The molecular formula is C14H14Ir2N4O4-2. The predicted molar refractivity (Wildman–Crippen MR) is 76.8 cm³/mol. The first kappa shape index (κ1) is 24.3. The summed E-state index contributed by atoms with van der Waals surface area (Å²) in [5.41, 5.74) is 3.99. The van der Waals surface area contributed by atoms with Crippen LogP contribution in [0.1, 0.15) is 22.8 Å². The summed E-state index contributed by atoms with van der Waals surface area (Å²) >= 11 is -2.17. The zero-order chi connectivity index (χ0) is 18.8. The van der Waals surface area contributed by atoms with Crippen LogP contribution >= 0.6 is 0 Å². The van der Waals surface area contributed by atoms with Crippen LogP contribution in [-0.4, -0.2) is 27.8 Å². The summed E-state index contributed by atoms with van der Waals surface area (Å²) in [6.07, 6.45) is 0. The van der Waals surface area contributed by atoms with E-state index in [1.165, 1.54) is 17.6 Å². The van der Waals surface area contributed by atoms with Crippen molar-refractivity contribution in [2.24, 2.45) is 0 Å². The van der Waals surface area contributed by atoms with Crippen LogP contribution in [-0.2, 0) is 52.7 Å². The van der Waals surface area contributed by atoms with Crippen molar-refractivity contribution in [3.63, 3.8) is 0 Å². The summed E-state index contributed by atoms with van der Waals surface area (Å²) in [5.74, 6) is 0. The van der Waals surface area contributed by atoms with Crippen molar-refractivity contribution in [2.45, 2.75) is 27.7 Å². The minimum atomic E-state index is -1.08. The van der Waals surface area contributed by atoms with Gasteiger partial charge in [-0.1, -0.05) is 26.0 Å². The van der Waals surface area contributed by atoms with E-state index in [1.54, 1.807) is 0 Å². The van der Waals surface area contributed by atoms with E-state index in [4.69, 9.17) is 19.2 Å². The Morgan fingerprint density at radius 3 is 1.04 bits per heavy atom. The van der Waals surface area contributed by atoms with Crippen molar-refractivity contribution < 1.29 is 52.7 Å². The molecule has 0 unspecified atom stereocenters. The van der Waals surface area contributed by atoms with Crippen LogP contribution in [0.15, 0.2) is 12.1 Å². The van der Waals surface area contributed by atoms with Gasteiger partial charge in [-0.05, 0) is 13.8 Å². The molecule has 0 saturated heterocycles. The Morgan fingerprint density at radius 2 is 1.00 bits per heavy atom. The Morgan fingerprint density at radius 1 is 0.708 bits per heavy atom. The summed E-state index contributed by atoms with van der Waals surface area (Å²) in [6.45, 7) is 7.72. The van der Waals surface area contributed by atoms with Gasteiger partial charge in [-0.2, -0.15) is 0 Å². The second-order valence-corrected chi connectivity index (χ2v) is 6.85. The molecule has 2 aromatic rings. The van der Waals surface area contributed by atoms with Gasteiger partial charge in [0.05, 0.1) is 0 Å². The van der Waals surface area contributed by atoms with Gasteiger partial charge in [-0.3, -0.25) is 0 Å². The molecular weight excluding hydrogens is 673 g/mol. The number of carbonyl (C=O) groups excluding carboxylic acids is 4. The van der Waals surface area contributed by atoms with Crippen molar-refractivity contribution >= 4 is 17.6 Å². The van der Waals surface area contributed by atoms with E-state index in [2.05, 4.69) is 20.4 Å². The number of aryl methyl sites for hydroxylation is 4. The first-order valence-electron chi connectivity index (χ1n) is 5.93. The van der Waals surface area contributed by atoms with Crippen molar-refractivity contribution in [3.05, 3.63) is 34.9 Å². The van der Waals surface area contributed by atoms with Crippen LogP contribution in [0.2, 0.25) is 0 Å². The van der Waals surface area contributed by atoms with Gasteiger partial charge in [0, 0.05) is 11.4 Å². The quantitative estimate of drug-likeness (QED) is 0.371. The summed E-state index contributed by atoms with van der Waals surface area (Å²) in [5, 5.41) is 15.1. The SMILES string of the molecule is Cc1cc(C)[n-]n1.Cc1cc(C)[n-]n1.O=[C]=[Ir]=[C]=O.O=[C]=[Ir]=[C]=O. The van der Waals surface area contributed by atoms with E-state index in [0.29, 0.717) is 0 Å². The standard InChI is InChI=1S/2C5H7N2.4CO.2Ir/c2*1-4-3-5(2)7-6-4;4*1-2;;/h2*3H,1-2H3;;;;;;/q2*-1;;;;;;. The van der Waals surface area contributed by atoms with Gasteiger partial charge in [0.15, 0.2) is 0 Å². The molecule has 10 heteroatoms. The van der Waals surface area contributed by atoms with Crippen molar-refractivity contribution in [3.8, 4) is 0 Å². The fourth-order valence-corrected chi connectivity index (χ4v) is 1.26. The first-order chi connectivity index (χ1) is 11.4. The molecule has 2 rings (SSSR count). The van der Waals surface area contributed by atoms with Crippen LogP contribution in [0.3, 0.4) is 0 Å². The molecule has 0 aromatic carbocycles. The third-order valence-electron chi connectivity index (χ3n) is 1.70. The molecule has 0 aliphatic carbocycles. The average molecular weight is 687 g/mol.